The fraction of sp³-hybridized carbons (Fsp3) is 0.333. The summed E-state index contributed by atoms with van der Waals surface area (Å²) in [5, 5.41) is 10.2. The third-order valence-electron chi connectivity index (χ3n) is 3.10. The lowest BCUT2D eigenvalue weighted by Crippen LogP contribution is -2.28. The van der Waals surface area contributed by atoms with Crippen LogP contribution in [0.15, 0.2) is 30.3 Å². The van der Waals surface area contributed by atoms with Gasteiger partial charge < -0.3 is 9.80 Å². The van der Waals surface area contributed by atoms with Gasteiger partial charge in [0.15, 0.2) is 0 Å². The number of nitriles is 1. The van der Waals surface area contributed by atoms with Crippen LogP contribution in [0.25, 0.3) is 10.9 Å². The summed E-state index contributed by atoms with van der Waals surface area (Å²) in [4.78, 5) is 8.65. The van der Waals surface area contributed by atoms with Crippen molar-refractivity contribution in [2.45, 2.75) is 0 Å². The third kappa shape index (κ3) is 3.01. The Morgan fingerprint density at radius 3 is 2.58 bits per heavy atom. The Bertz CT molecular complexity index is 613. The number of aromatic nitrogens is 1. The molecule has 4 heteroatoms. The highest BCUT2D eigenvalue weighted by molar-refractivity contribution is 5.92. The molecule has 0 spiro atoms. The number of likely N-dealkylation sites (N-methyl/N-ethyl adjacent to an activating group) is 2. The molecular weight excluding hydrogens is 236 g/mol. The van der Waals surface area contributed by atoms with Gasteiger partial charge in [-0.15, -0.1) is 0 Å². The first kappa shape index (κ1) is 13.3. The Balaban J connectivity index is 2.43. The van der Waals surface area contributed by atoms with Crippen molar-refractivity contribution in [1.29, 1.82) is 5.26 Å². The molecule has 0 aliphatic heterocycles. The van der Waals surface area contributed by atoms with Crippen molar-refractivity contribution in [1.82, 2.24) is 9.88 Å². The van der Waals surface area contributed by atoms with E-state index in [-0.39, 0.29) is 0 Å². The Morgan fingerprint density at radius 2 is 1.89 bits per heavy atom. The maximum atomic E-state index is 9.08. The molecule has 0 amide bonds. The van der Waals surface area contributed by atoms with E-state index in [1.54, 1.807) is 0 Å². The van der Waals surface area contributed by atoms with Gasteiger partial charge in [-0.2, -0.15) is 5.26 Å². The van der Waals surface area contributed by atoms with E-state index in [1.165, 1.54) is 0 Å². The van der Waals surface area contributed by atoms with Gasteiger partial charge in [0.1, 0.15) is 11.8 Å². The molecule has 0 radical (unpaired) electrons. The maximum absolute atomic E-state index is 9.08. The van der Waals surface area contributed by atoms with Crippen molar-refractivity contribution in [3.8, 4) is 6.07 Å². The fourth-order valence-electron chi connectivity index (χ4n) is 2.00. The minimum atomic E-state index is 0.463. The number of rotatable bonds is 4. The zero-order valence-electron chi connectivity index (χ0n) is 11.6. The highest BCUT2D eigenvalue weighted by atomic mass is 15.2. The monoisotopic (exact) mass is 254 g/mol. The number of anilines is 1. The van der Waals surface area contributed by atoms with Crippen molar-refractivity contribution >= 4 is 16.6 Å². The van der Waals surface area contributed by atoms with E-state index >= 15 is 0 Å². The summed E-state index contributed by atoms with van der Waals surface area (Å²) < 4.78 is 0. The van der Waals surface area contributed by atoms with E-state index in [2.05, 4.69) is 34.9 Å². The van der Waals surface area contributed by atoms with E-state index in [9.17, 15) is 0 Å². The lowest BCUT2D eigenvalue weighted by molar-refractivity contribution is 0.416. The second kappa shape index (κ2) is 5.68. The topological polar surface area (TPSA) is 43.2 Å². The van der Waals surface area contributed by atoms with Gasteiger partial charge in [-0.1, -0.05) is 18.2 Å². The predicted molar refractivity (Wildman–Crippen MR) is 78.3 cm³/mol. The van der Waals surface area contributed by atoms with E-state index in [0.717, 1.165) is 29.7 Å². The molecule has 0 fully saturated rings. The first-order chi connectivity index (χ1) is 9.11. The zero-order chi connectivity index (χ0) is 13.8. The van der Waals surface area contributed by atoms with Crippen LogP contribution in [-0.4, -0.2) is 44.1 Å². The highest BCUT2D eigenvalue weighted by Crippen LogP contribution is 2.25. The van der Waals surface area contributed by atoms with Crippen LogP contribution in [0, 0.1) is 11.3 Å². The predicted octanol–water partition coefficient (Wildman–Crippen LogP) is 2.10. The van der Waals surface area contributed by atoms with Crippen molar-refractivity contribution < 1.29 is 0 Å². The summed E-state index contributed by atoms with van der Waals surface area (Å²) >= 11 is 0. The van der Waals surface area contributed by atoms with Gasteiger partial charge >= 0.3 is 0 Å². The first-order valence-electron chi connectivity index (χ1n) is 6.27. The molecule has 0 saturated heterocycles. The van der Waals surface area contributed by atoms with Crippen LogP contribution in [-0.2, 0) is 0 Å². The number of hydrogen-bond acceptors (Lipinski definition) is 4. The standard InChI is InChI=1S/C15H18N4/c1-18(2)8-9-19(3)15-10-12(11-16)17-14-7-5-4-6-13(14)15/h4-7,10H,8-9H2,1-3H3. The number of para-hydroxylation sites is 1. The van der Waals surface area contributed by atoms with Crippen LogP contribution in [0.3, 0.4) is 0 Å². The average Bonchev–Trinajstić information content (AvgIpc) is 2.43. The molecule has 1 aromatic carbocycles. The van der Waals surface area contributed by atoms with Gasteiger partial charge in [-0.05, 0) is 26.2 Å². The van der Waals surface area contributed by atoms with E-state index in [1.807, 2.05) is 37.4 Å². The third-order valence-corrected chi connectivity index (χ3v) is 3.10. The molecule has 0 saturated carbocycles. The average molecular weight is 254 g/mol. The van der Waals surface area contributed by atoms with Gasteiger partial charge in [-0.25, -0.2) is 4.98 Å². The highest BCUT2D eigenvalue weighted by Gasteiger charge is 2.09. The summed E-state index contributed by atoms with van der Waals surface area (Å²) in [5.41, 5.74) is 2.39. The van der Waals surface area contributed by atoms with Crippen LogP contribution >= 0.6 is 0 Å². The summed E-state index contributed by atoms with van der Waals surface area (Å²) in [6, 6.07) is 11.9. The van der Waals surface area contributed by atoms with Gasteiger partial charge in [0.2, 0.25) is 0 Å². The number of fused-ring (bicyclic) bond motifs is 1. The molecule has 0 bridgehead atoms. The van der Waals surface area contributed by atoms with Crippen LogP contribution < -0.4 is 4.90 Å². The SMILES string of the molecule is CN(C)CCN(C)c1cc(C#N)nc2ccccc12. The Hall–Kier alpha value is -2.12. The van der Waals surface area contributed by atoms with Crippen LogP contribution in [0.5, 0.6) is 0 Å². The summed E-state index contributed by atoms with van der Waals surface area (Å²) in [7, 11) is 6.16. The molecule has 0 atom stereocenters. The minimum absolute atomic E-state index is 0.463. The van der Waals surface area contributed by atoms with Crippen LogP contribution in [0.1, 0.15) is 5.69 Å². The number of hydrogen-bond donors (Lipinski definition) is 0. The van der Waals surface area contributed by atoms with Crippen molar-refractivity contribution in [2.24, 2.45) is 0 Å². The lowest BCUT2D eigenvalue weighted by Gasteiger charge is -2.23. The molecule has 4 nitrogen and oxygen atoms in total. The van der Waals surface area contributed by atoms with Gasteiger partial charge in [0, 0.05) is 31.2 Å². The van der Waals surface area contributed by atoms with Crippen molar-refractivity contribution in [2.75, 3.05) is 39.1 Å². The Labute approximate surface area is 113 Å². The summed E-state index contributed by atoms with van der Waals surface area (Å²) in [6.45, 7) is 1.88. The molecule has 0 N–H and O–H groups in total. The molecule has 1 heterocycles. The van der Waals surface area contributed by atoms with Gasteiger partial charge in [0.25, 0.3) is 0 Å². The van der Waals surface area contributed by atoms with E-state index in [4.69, 9.17) is 5.26 Å². The molecule has 19 heavy (non-hydrogen) atoms. The Kier molecular flexibility index (Phi) is 3.98. The van der Waals surface area contributed by atoms with Gasteiger partial charge in [-0.3, -0.25) is 0 Å². The number of benzene rings is 1. The second-order valence-electron chi connectivity index (χ2n) is 4.88. The fourth-order valence-corrected chi connectivity index (χ4v) is 2.00. The molecule has 0 unspecified atom stereocenters. The summed E-state index contributed by atoms with van der Waals surface area (Å²) in [6.07, 6.45) is 0. The van der Waals surface area contributed by atoms with Crippen molar-refractivity contribution in [3.05, 3.63) is 36.0 Å². The molecule has 2 aromatic rings. The molecule has 2 rings (SSSR count). The lowest BCUT2D eigenvalue weighted by atomic mass is 10.1. The zero-order valence-corrected chi connectivity index (χ0v) is 11.6. The Morgan fingerprint density at radius 1 is 1.16 bits per heavy atom. The van der Waals surface area contributed by atoms with Crippen molar-refractivity contribution in [3.63, 3.8) is 0 Å². The molecule has 1 aromatic heterocycles. The second-order valence-corrected chi connectivity index (χ2v) is 4.88. The van der Waals surface area contributed by atoms with Crippen LogP contribution in [0.4, 0.5) is 5.69 Å². The molecule has 98 valence electrons. The molecular formula is C15H18N4. The van der Waals surface area contributed by atoms with Crippen LogP contribution in [0.2, 0.25) is 0 Å². The molecule has 0 aliphatic rings. The molecule has 0 aliphatic carbocycles. The quantitative estimate of drug-likeness (QED) is 0.838. The van der Waals surface area contributed by atoms with E-state index in [0.29, 0.717) is 5.69 Å². The number of nitrogens with zero attached hydrogens (tertiary/aromatic N) is 4. The van der Waals surface area contributed by atoms with E-state index < -0.39 is 0 Å². The minimum Gasteiger partial charge on any atom is -0.373 e. The maximum Gasteiger partial charge on any atom is 0.143 e. The smallest absolute Gasteiger partial charge is 0.143 e. The van der Waals surface area contributed by atoms with Gasteiger partial charge in [0.05, 0.1) is 5.52 Å². The normalized spacial score (nSPS) is 10.7. The summed E-state index contributed by atoms with van der Waals surface area (Å²) in [5.74, 6) is 0. The number of pyridine rings is 1. The largest absolute Gasteiger partial charge is 0.373 e. The first-order valence-corrected chi connectivity index (χ1v) is 6.27.